The summed E-state index contributed by atoms with van der Waals surface area (Å²) >= 11 is 0. The van der Waals surface area contributed by atoms with Crippen molar-refractivity contribution >= 4 is 17.3 Å². The number of benzene rings is 2. The molecule has 0 spiro atoms. The number of hydrogen-bond donors (Lipinski definition) is 0. The van der Waals surface area contributed by atoms with Gasteiger partial charge in [-0.3, -0.25) is 14.9 Å². The first-order chi connectivity index (χ1) is 15.9. The predicted molar refractivity (Wildman–Crippen MR) is 117 cm³/mol. The van der Waals surface area contributed by atoms with Crippen LogP contribution in [0.4, 0.5) is 20.2 Å². The van der Waals surface area contributed by atoms with Crippen LogP contribution < -0.4 is 4.90 Å². The van der Waals surface area contributed by atoms with E-state index in [1.807, 2.05) is 0 Å². The lowest BCUT2D eigenvalue weighted by molar-refractivity contribution is -0.384. The van der Waals surface area contributed by atoms with Gasteiger partial charge >= 0.3 is 0 Å². The number of nitro benzene ring substituents is 1. The minimum atomic E-state index is -0.954. The molecule has 1 aliphatic heterocycles. The van der Waals surface area contributed by atoms with Gasteiger partial charge in [0.1, 0.15) is 0 Å². The van der Waals surface area contributed by atoms with Crippen molar-refractivity contribution in [2.24, 2.45) is 0 Å². The van der Waals surface area contributed by atoms with Crippen molar-refractivity contribution in [1.29, 1.82) is 0 Å². The molecular formula is C23H21F2N5O3. The summed E-state index contributed by atoms with van der Waals surface area (Å²) in [6.45, 7) is 2.16. The van der Waals surface area contributed by atoms with E-state index in [0.29, 0.717) is 37.6 Å². The molecule has 1 aromatic heterocycles. The first kappa shape index (κ1) is 21.0. The summed E-state index contributed by atoms with van der Waals surface area (Å²) in [5, 5.41) is 15.4. The molecule has 0 unspecified atom stereocenters. The average molecular weight is 453 g/mol. The first-order valence-electron chi connectivity index (χ1n) is 10.8. The number of rotatable bonds is 4. The Balaban J connectivity index is 1.33. The van der Waals surface area contributed by atoms with E-state index in [1.54, 1.807) is 21.7 Å². The zero-order valence-electron chi connectivity index (χ0n) is 17.7. The molecule has 2 heterocycles. The van der Waals surface area contributed by atoms with Crippen LogP contribution in [0, 0.1) is 21.7 Å². The maximum absolute atomic E-state index is 13.8. The normalized spacial score (nSPS) is 15.6. The lowest BCUT2D eigenvalue weighted by Gasteiger charge is -2.35. The molecule has 8 nitrogen and oxygen atoms in total. The van der Waals surface area contributed by atoms with Crippen LogP contribution in [0.2, 0.25) is 0 Å². The number of fused-ring (bicyclic) bond motifs is 1. The van der Waals surface area contributed by atoms with Crippen LogP contribution >= 0.6 is 0 Å². The number of hydrogen-bond acceptors (Lipinski definition) is 5. The highest BCUT2D eigenvalue weighted by Crippen LogP contribution is 2.29. The molecule has 0 bridgehead atoms. The third-order valence-corrected chi connectivity index (χ3v) is 6.27. The smallest absolute Gasteiger partial charge is 0.274 e. The molecule has 0 saturated carbocycles. The summed E-state index contributed by atoms with van der Waals surface area (Å²) in [6.07, 6.45) is 2.33. The number of halogens is 2. The van der Waals surface area contributed by atoms with Crippen LogP contribution in [0.25, 0.3) is 5.69 Å². The molecule has 2 aliphatic rings. The van der Waals surface area contributed by atoms with Gasteiger partial charge in [0.2, 0.25) is 0 Å². The lowest BCUT2D eigenvalue weighted by Crippen LogP contribution is -2.49. The quantitative estimate of drug-likeness (QED) is 0.446. The second kappa shape index (κ2) is 8.27. The topological polar surface area (TPSA) is 84.5 Å². The molecule has 1 amide bonds. The molecule has 33 heavy (non-hydrogen) atoms. The number of carbonyl (C=O) groups is 1. The van der Waals surface area contributed by atoms with E-state index in [2.05, 4.69) is 10.00 Å². The minimum absolute atomic E-state index is 0.0399. The van der Waals surface area contributed by atoms with E-state index in [9.17, 15) is 23.7 Å². The highest BCUT2D eigenvalue weighted by molar-refractivity contribution is 5.94. The van der Waals surface area contributed by atoms with E-state index >= 15 is 0 Å². The molecule has 170 valence electrons. The SMILES string of the molecule is O=C(c1nn(-c2ccc(F)c(F)c2)c2c1CCC2)N1CCN(c2ccc([N+](=O)[O-])cc2)CC1. The second-order valence-electron chi connectivity index (χ2n) is 8.19. The van der Waals surface area contributed by atoms with Crippen LogP contribution in [-0.2, 0) is 12.8 Å². The zero-order valence-corrected chi connectivity index (χ0v) is 17.7. The molecule has 0 N–H and O–H groups in total. The van der Waals surface area contributed by atoms with Gasteiger partial charge in [0, 0.05) is 61.3 Å². The van der Waals surface area contributed by atoms with Gasteiger partial charge in [-0.1, -0.05) is 0 Å². The predicted octanol–water partition coefficient (Wildman–Crippen LogP) is 3.51. The maximum atomic E-state index is 13.8. The van der Waals surface area contributed by atoms with Gasteiger partial charge < -0.3 is 9.80 Å². The van der Waals surface area contributed by atoms with Crippen LogP contribution in [-0.4, -0.2) is 51.7 Å². The zero-order chi connectivity index (χ0) is 23.1. The first-order valence-corrected chi connectivity index (χ1v) is 10.8. The molecule has 2 aromatic carbocycles. The van der Waals surface area contributed by atoms with Gasteiger partial charge in [0.05, 0.1) is 10.6 Å². The van der Waals surface area contributed by atoms with Crippen LogP contribution in [0.15, 0.2) is 42.5 Å². The number of carbonyl (C=O) groups excluding carboxylic acids is 1. The molecule has 3 aromatic rings. The summed E-state index contributed by atoms with van der Waals surface area (Å²) in [6, 6.07) is 9.99. The van der Waals surface area contributed by atoms with Gasteiger partial charge in [0.15, 0.2) is 17.3 Å². The van der Waals surface area contributed by atoms with E-state index in [4.69, 9.17) is 0 Å². The minimum Gasteiger partial charge on any atom is -0.368 e. The van der Waals surface area contributed by atoms with Crippen molar-refractivity contribution in [3.05, 3.63) is 81.2 Å². The van der Waals surface area contributed by atoms with Crippen molar-refractivity contribution in [3.63, 3.8) is 0 Å². The molecular weight excluding hydrogens is 432 g/mol. The third-order valence-electron chi connectivity index (χ3n) is 6.27. The fourth-order valence-electron chi connectivity index (χ4n) is 4.54. The Morgan fingerprint density at radius 3 is 2.30 bits per heavy atom. The Labute approximate surface area is 188 Å². The summed E-state index contributed by atoms with van der Waals surface area (Å²) < 4.78 is 28.7. The Morgan fingerprint density at radius 1 is 0.939 bits per heavy atom. The van der Waals surface area contributed by atoms with Crippen LogP contribution in [0.5, 0.6) is 0 Å². The molecule has 1 saturated heterocycles. The van der Waals surface area contributed by atoms with Gasteiger partial charge in [-0.05, 0) is 43.5 Å². The Morgan fingerprint density at radius 2 is 1.64 bits per heavy atom. The lowest BCUT2D eigenvalue weighted by atomic mass is 10.1. The number of nitro groups is 1. The van der Waals surface area contributed by atoms with E-state index in [-0.39, 0.29) is 11.6 Å². The number of aromatic nitrogens is 2. The third kappa shape index (κ3) is 3.81. The van der Waals surface area contributed by atoms with Crippen LogP contribution in [0.1, 0.15) is 28.2 Å². The molecule has 5 rings (SSSR count). The van der Waals surface area contributed by atoms with Gasteiger partial charge in [-0.15, -0.1) is 0 Å². The molecule has 1 aliphatic carbocycles. The largest absolute Gasteiger partial charge is 0.368 e. The standard InChI is InChI=1S/C23H21F2N5O3/c24-19-9-8-17(14-20(19)25)29-21-3-1-2-18(21)22(26-29)23(31)28-12-10-27(11-13-28)15-4-6-16(7-5-15)30(32)33/h4-9,14H,1-3,10-13H2. The van der Waals surface area contributed by atoms with Gasteiger partial charge in [0.25, 0.3) is 11.6 Å². The molecule has 10 heteroatoms. The van der Waals surface area contributed by atoms with Crippen molar-refractivity contribution in [3.8, 4) is 5.69 Å². The van der Waals surface area contributed by atoms with Crippen molar-refractivity contribution in [1.82, 2.24) is 14.7 Å². The molecule has 0 radical (unpaired) electrons. The monoisotopic (exact) mass is 453 g/mol. The average Bonchev–Trinajstić information content (AvgIpc) is 3.44. The number of non-ortho nitro benzene ring substituents is 1. The molecule has 1 fully saturated rings. The van der Waals surface area contributed by atoms with Crippen molar-refractivity contribution in [2.45, 2.75) is 19.3 Å². The highest BCUT2D eigenvalue weighted by atomic mass is 19.2. The Hall–Kier alpha value is -3.82. The fourth-order valence-corrected chi connectivity index (χ4v) is 4.54. The summed E-state index contributed by atoms with van der Waals surface area (Å²) in [7, 11) is 0. The van der Waals surface area contributed by atoms with E-state index < -0.39 is 16.6 Å². The summed E-state index contributed by atoms with van der Waals surface area (Å²) in [4.78, 5) is 27.6. The number of amides is 1. The number of nitrogens with zero attached hydrogens (tertiary/aromatic N) is 5. The van der Waals surface area contributed by atoms with Crippen LogP contribution in [0.3, 0.4) is 0 Å². The van der Waals surface area contributed by atoms with Gasteiger partial charge in [-0.25, -0.2) is 13.5 Å². The van der Waals surface area contributed by atoms with Crippen molar-refractivity contribution in [2.75, 3.05) is 31.1 Å². The second-order valence-corrected chi connectivity index (χ2v) is 8.19. The molecule has 0 atom stereocenters. The summed E-state index contributed by atoms with van der Waals surface area (Å²) in [5.41, 5.74) is 3.43. The van der Waals surface area contributed by atoms with Gasteiger partial charge in [-0.2, -0.15) is 5.10 Å². The highest BCUT2D eigenvalue weighted by Gasteiger charge is 2.31. The van der Waals surface area contributed by atoms with E-state index in [1.165, 1.54) is 18.2 Å². The number of piperazine rings is 1. The number of anilines is 1. The van der Waals surface area contributed by atoms with Crippen molar-refractivity contribution < 1.29 is 18.5 Å². The maximum Gasteiger partial charge on any atom is 0.274 e. The fraction of sp³-hybridized carbons (Fsp3) is 0.304. The Kier molecular flexibility index (Phi) is 5.27. The Bertz CT molecular complexity index is 1230. The van der Waals surface area contributed by atoms with E-state index in [0.717, 1.165) is 48.3 Å². The summed E-state index contributed by atoms with van der Waals surface area (Å²) in [5.74, 6) is -2.05.